The molecule has 8 heteroatoms. The highest BCUT2D eigenvalue weighted by Gasteiger charge is 2.28. The number of piperidine rings is 2. The molecule has 2 heterocycles. The molecule has 27 heavy (non-hydrogen) atoms. The average molecular weight is 374 g/mol. The number of benzene rings is 1. The highest BCUT2D eigenvalue weighted by Crippen LogP contribution is 2.12. The van der Waals surface area contributed by atoms with Gasteiger partial charge in [0.25, 0.3) is 0 Å². The lowest BCUT2D eigenvalue weighted by Crippen LogP contribution is -2.53. The SMILES string of the molecule is O=C(NC1CCN(C(=O)O)CC1)[C@@H]1CC/C(=N\OCc2ccccc2)CN1. The van der Waals surface area contributed by atoms with Gasteiger partial charge >= 0.3 is 6.09 Å². The number of likely N-dealkylation sites (tertiary alicyclic amines) is 1. The molecule has 2 aliphatic heterocycles. The van der Waals surface area contributed by atoms with Gasteiger partial charge in [0, 0.05) is 25.7 Å². The fourth-order valence-corrected chi connectivity index (χ4v) is 3.33. The van der Waals surface area contributed by atoms with Gasteiger partial charge in [-0.1, -0.05) is 35.5 Å². The van der Waals surface area contributed by atoms with Crippen LogP contribution < -0.4 is 10.6 Å². The maximum absolute atomic E-state index is 12.4. The predicted octanol–water partition coefficient (Wildman–Crippen LogP) is 1.57. The Morgan fingerprint density at radius 3 is 2.59 bits per heavy atom. The van der Waals surface area contributed by atoms with Crippen LogP contribution in [0.2, 0.25) is 0 Å². The standard InChI is InChI=1S/C19H26N4O4/c24-18(21-15-8-10-23(11-9-15)19(25)26)17-7-6-16(12-20-17)22-27-13-14-4-2-1-3-5-14/h1-5,15,17,20H,6-13H2,(H,21,24)(H,25,26)/b22-16+/t17-/m0/s1. The Hall–Kier alpha value is -2.61. The van der Waals surface area contributed by atoms with Crippen LogP contribution in [0, 0.1) is 0 Å². The Labute approximate surface area is 158 Å². The molecule has 1 aromatic rings. The molecule has 8 nitrogen and oxygen atoms in total. The number of nitrogens with one attached hydrogen (secondary N) is 2. The highest BCUT2D eigenvalue weighted by molar-refractivity contribution is 5.90. The summed E-state index contributed by atoms with van der Waals surface area (Å²) >= 11 is 0. The van der Waals surface area contributed by atoms with E-state index in [-0.39, 0.29) is 18.0 Å². The third-order valence-corrected chi connectivity index (χ3v) is 4.97. The van der Waals surface area contributed by atoms with Crippen LogP contribution in [0.4, 0.5) is 4.79 Å². The van der Waals surface area contributed by atoms with E-state index >= 15 is 0 Å². The lowest BCUT2D eigenvalue weighted by atomic mass is 10.0. The first kappa shape index (κ1) is 19.2. The van der Waals surface area contributed by atoms with E-state index in [1.54, 1.807) is 0 Å². The minimum Gasteiger partial charge on any atom is -0.465 e. The number of amides is 2. The van der Waals surface area contributed by atoms with Crippen molar-refractivity contribution in [3.63, 3.8) is 0 Å². The monoisotopic (exact) mass is 374 g/mol. The number of rotatable bonds is 5. The number of nitrogens with zero attached hydrogens (tertiary/aromatic N) is 2. The van der Waals surface area contributed by atoms with Crippen LogP contribution >= 0.6 is 0 Å². The van der Waals surface area contributed by atoms with Crippen LogP contribution in [-0.2, 0) is 16.2 Å². The van der Waals surface area contributed by atoms with Crippen molar-refractivity contribution in [2.45, 2.75) is 44.4 Å². The molecule has 146 valence electrons. The summed E-state index contributed by atoms with van der Waals surface area (Å²) in [6.45, 7) is 1.90. The summed E-state index contributed by atoms with van der Waals surface area (Å²) in [4.78, 5) is 30.1. The van der Waals surface area contributed by atoms with Gasteiger partial charge in [0.05, 0.1) is 11.8 Å². The molecule has 0 bridgehead atoms. The Kier molecular flexibility index (Phi) is 6.64. The van der Waals surface area contributed by atoms with Crippen molar-refractivity contribution in [3.05, 3.63) is 35.9 Å². The van der Waals surface area contributed by atoms with Crippen molar-refractivity contribution in [1.82, 2.24) is 15.5 Å². The summed E-state index contributed by atoms with van der Waals surface area (Å²) in [5, 5.41) is 19.4. The number of carboxylic acid groups (broad SMARTS) is 1. The van der Waals surface area contributed by atoms with E-state index in [1.807, 2.05) is 30.3 Å². The zero-order chi connectivity index (χ0) is 19.1. The Morgan fingerprint density at radius 1 is 1.22 bits per heavy atom. The molecule has 0 spiro atoms. The van der Waals surface area contributed by atoms with E-state index in [1.165, 1.54) is 4.90 Å². The normalized spacial score (nSPS) is 22.4. The van der Waals surface area contributed by atoms with Gasteiger partial charge in [-0.3, -0.25) is 4.79 Å². The highest BCUT2D eigenvalue weighted by atomic mass is 16.6. The summed E-state index contributed by atoms with van der Waals surface area (Å²) in [6, 6.07) is 9.66. The molecular formula is C19H26N4O4. The minimum atomic E-state index is -0.893. The lowest BCUT2D eigenvalue weighted by molar-refractivity contribution is -0.124. The van der Waals surface area contributed by atoms with E-state index < -0.39 is 6.09 Å². The maximum Gasteiger partial charge on any atom is 0.407 e. The van der Waals surface area contributed by atoms with Gasteiger partial charge in [0.2, 0.25) is 5.91 Å². The molecule has 2 aliphatic rings. The molecule has 2 amide bonds. The number of oxime groups is 1. The van der Waals surface area contributed by atoms with E-state index in [2.05, 4.69) is 15.8 Å². The van der Waals surface area contributed by atoms with Gasteiger partial charge in [-0.2, -0.15) is 0 Å². The molecule has 2 fully saturated rings. The molecule has 3 rings (SSSR count). The maximum atomic E-state index is 12.4. The molecule has 3 N–H and O–H groups in total. The van der Waals surface area contributed by atoms with Gasteiger partial charge in [-0.25, -0.2) is 4.79 Å². The van der Waals surface area contributed by atoms with Gasteiger partial charge < -0.3 is 25.5 Å². The fraction of sp³-hybridized carbons (Fsp3) is 0.526. The molecule has 0 aromatic heterocycles. The quantitative estimate of drug-likeness (QED) is 0.679. The van der Waals surface area contributed by atoms with E-state index in [0.717, 1.165) is 17.7 Å². The number of hydrogen-bond acceptors (Lipinski definition) is 5. The summed E-state index contributed by atoms with van der Waals surface area (Å²) < 4.78 is 0. The Morgan fingerprint density at radius 2 is 1.96 bits per heavy atom. The Bertz CT molecular complexity index is 662. The third-order valence-electron chi connectivity index (χ3n) is 4.97. The summed E-state index contributed by atoms with van der Waals surface area (Å²) in [5.41, 5.74) is 1.97. The molecule has 2 saturated heterocycles. The average Bonchev–Trinajstić information content (AvgIpc) is 2.70. The van der Waals surface area contributed by atoms with Crippen LogP contribution in [0.15, 0.2) is 35.5 Å². The zero-order valence-corrected chi connectivity index (χ0v) is 15.3. The van der Waals surface area contributed by atoms with Crippen molar-refractivity contribution >= 4 is 17.7 Å². The van der Waals surface area contributed by atoms with Gasteiger partial charge in [-0.15, -0.1) is 0 Å². The number of hydrogen-bond donors (Lipinski definition) is 3. The third kappa shape index (κ3) is 5.68. The van der Waals surface area contributed by atoms with E-state index in [9.17, 15) is 9.59 Å². The summed E-state index contributed by atoms with van der Waals surface area (Å²) in [5.74, 6) is -0.0203. The smallest absolute Gasteiger partial charge is 0.407 e. The first-order valence-electron chi connectivity index (χ1n) is 9.35. The second-order valence-corrected chi connectivity index (χ2v) is 6.94. The van der Waals surface area contributed by atoms with Crippen LogP contribution in [0.1, 0.15) is 31.2 Å². The minimum absolute atomic E-state index is 0.0203. The van der Waals surface area contributed by atoms with Crippen LogP contribution in [0.25, 0.3) is 0 Å². The predicted molar refractivity (Wildman–Crippen MR) is 100 cm³/mol. The van der Waals surface area contributed by atoms with Crippen molar-refractivity contribution in [2.75, 3.05) is 19.6 Å². The van der Waals surface area contributed by atoms with Crippen LogP contribution in [0.3, 0.4) is 0 Å². The molecular weight excluding hydrogens is 348 g/mol. The molecule has 0 saturated carbocycles. The molecule has 1 aromatic carbocycles. The van der Waals surface area contributed by atoms with Crippen LogP contribution in [0.5, 0.6) is 0 Å². The van der Waals surface area contributed by atoms with Gasteiger partial charge in [0.1, 0.15) is 6.61 Å². The fourth-order valence-electron chi connectivity index (χ4n) is 3.33. The Balaban J connectivity index is 1.36. The lowest BCUT2D eigenvalue weighted by Gasteiger charge is -2.32. The van der Waals surface area contributed by atoms with Crippen molar-refractivity contribution < 1.29 is 19.5 Å². The van der Waals surface area contributed by atoms with E-state index in [0.29, 0.717) is 45.5 Å². The first-order valence-corrected chi connectivity index (χ1v) is 9.35. The second kappa shape index (κ2) is 9.36. The molecule has 0 radical (unpaired) electrons. The second-order valence-electron chi connectivity index (χ2n) is 6.94. The van der Waals surface area contributed by atoms with Crippen LogP contribution in [-0.4, -0.2) is 59.4 Å². The summed E-state index contributed by atoms with van der Waals surface area (Å²) in [6.07, 6.45) is 1.82. The van der Waals surface area contributed by atoms with Gasteiger partial charge in [0.15, 0.2) is 0 Å². The molecule has 0 unspecified atom stereocenters. The summed E-state index contributed by atoms with van der Waals surface area (Å²) in [7, 11) is 0. The molecule has 1 atom stereocenters. The van der Waals surface area contributed by atoms with Crippen molar-refractivity contribution in [1.29, 1.82) is 0 Å². The molecule has 0 aliphatic carbocycles. The number of carbonyl (C=O) groups is 2. The van der Waals surface area contributed by atoms with Crippen molar-refractivity contribution in [3.8, 4) is 0 Å². The zero-order valence-electron chi connectivity index (χ0n) is 15.3. The van der Waals surface area contributed by atoms with Crippen molar-refractivity contribution in [2.24, 2.45) is 5.16 Å². The van der Waals surface area contributed by atoms with E-state index in [4.69, 9.17) is 9.94 Å². The number of carbonyl (C=O) groups excluding carboxylic acids is 1. The largest absolute Gasteiger partial charge is 0.465 e. The van der Waals surface area contributed by atoms with Gasteiger partial charge in [-0.05, 0) is 31.2 Å². The topological polar surface area (TPSA) is 103 Å². The first-order chi connectivity index (χ1) is 13.1.